The first-order valence-corrected chi connectivity index (χ1v) is 7.62. The minimum absolute atomic E-state index is 0.195. The van der Waals surface area contributed by atoms with Gasteiger partial charge in [0.15, 0.2) is 0 Å². The highest BCUT2D eigenvalue weighted by atomic mass is 16.5. The van der Waals surface area contributed by atoms with Crippen molar-refractivity contribution in [1.82, 2.24) is 20.3 Å². The number of rotatable bonds is 6. The Hall–Kier alpha value is -2.60. The number of aromatic nitrogens is 3. The Morgan fingerprint density at radius 3 is 3.00 bits per heavy atom. The number of H-pyrrole nitrogens is 2. The van der Waals surface area contributed by atoms with Crippen molar-refractivity contribution in [2.45, 2.75) is 19.4 Å². The first-order chi connectivity index (χ1) is 11.2. The number of aromatic amines is 2. The van der Waals surface area contributed by atoms with Crippen molar-refractivity contribution in [3.63, 3.8) is 0 Å². The summed E-state index contributed by atoms with van der Waals surface area (Å²) in [7, 11) is 1.62. The predicted octanol–water partition coefficient (Wildman–Crippen LogP) is 2.57. The average molecular weight is 312 g/mol. The molecule has 0 saturated carbocycles. The monoisotopic (exact) mass is 312 g/mol. The van der Waals surface area contributed by atoms with Crippen LogP contribution >= 0.6 is 0 Å². The molecule has 23 heavy (non-hydrogen) atoms. The maximum atomic E-state index is 12.5. The number of hydrogen-bond donors (Lipinski definition) is 3. The largest absolute Gasteiger partial charge is 0.382 e. The van der Waals surface area contributed by atoms with Gasteiger partial charge >= 0.3 is 0 Å². The van der Waals surface area contributed by atoms with Crippen LogP contribution in [-0.4, -0.2) is 34.6 Å². The van der Waals surface area contributed by atoms with Crippen LogP contribution in [0.2, 0.25) is 0 Å². The number of fused-ring (bicyclic) bond motifs is 1. The molecule has 1 unspecified atom stereocenters. The van der Waals surface area contributed by atoms with Crippen LogP contribution in [0.5, 0.6) is 0 Å². The summed E-state index contributed by atoms with van der Waals surface area (Å²) in [5.41, 5.74) is 3.34. The fraction of sp³-hybridized carbons (Fsp3) is 0.294. The molecule has 3 aromatic rings. The first kappa shape index (κ1) is 15.3. The zero-order valence-electron chi connectivity index (χ0n) is 13.2. The topological polar surface area (TPSA) is 82.8 Å². The Labute approximate surface area is 134 Å². The van der Waals surface area contributed by atoms with Gasteiger partial charge in [0.1, 0.15) is 5.69 Å². The van der Waals surface area contributed by atoms with Crippen LogP contribution in [-0.2, 0) is 11.2 Å². The molecule has 6 heteroatoms. The minimum atomic E-state index is -0.229. The molecule has 3 rings (SSSR count). The highest BCUT2D eigenvalue weighted by Gasteiger charge is 2.19. The number of carbonyl (C=O) groups excluding carboxylic acids is 1. The standard InChI is InChI=1S/C17H20N4O2/c1-3-13-16(20-10-19-13)17(22)21-15(9-23-2)11-4-5-14-12(8-11)6-7-18-14/h4-8,10,15,18H,3,9H2,1-2H3,(H,19,20)(H,21,22). The van der Waals surface area contributed by atoms with Crippen molar-refractivity contribution in [2.75, 3.05) is 13.7 Å². The summed E-state index contributed by atoms with van der Waals surface area (Å²) in [6.45, 7) is 2.38. The molecular weight excluding hydrogens is 292 g/mol. The van der Waals surface area contributed by atoms with E-state index in [0.717, 1.165) is 28.6 Å². The first-order valence-electron chi connectivity index (χ1n) is 7.62. The van der Waals surface area contributed by atoms with Crippen LogP contribution in [0.15, 0.2) is 36.8 Å². The number of hydrogen-bond acceptors (Lipinski definition) is 3. The lowest BCUT2D eigenvalue weighted by Gasteiger charge is -2.18. The van der Waals surface area contributed by atoms with E-state index < -0.39 is 0 Å². The summed E-state index contributed by atoms with van der Waals surface area (Å²) < 4.78 is 5.28. The molecule has 1 atom stereocenters. The molecule has 0 aliphatic heterocycles. The third-order valence-electron chi connectivity index (χ3n) is 3.91. The second-order valence-corrected chi connectivity index (χ2v) is 5.39. The fourth-order valence-electron chi connectivity index (χ4n) is 2.69. The Morgan fingerprint density at radius 2 is 2.22 bits per heavy atom. The summed E-state index contributed by atoms with van der Waals surface area (Å²) in [4.78, 5) is 22.8. The van der Waals surface area contributed by atoms with Gasteiger partial charge < -0.3 is 20.0 Å². The highest BCUT2D eigenvalue weighted by molar-refractivity contribution is 5.93. The highest BCUT2D eigenvalue weighted by Crippen LogP contribution is 2.20. The third-order valence-corrected chi connectivity index (χ3v) is 3.91. The molecule has 0 aliphatic carbocycles. The van der Waals surface area contributed by atoms with Crippen LogP contribution in [0.25, 0.3) is 10.9 Å². The summed E-state index contributed by atoms with van der Waals surface area (Å²) >= 11 is 0. The van der Waals surface area contributed by atoms with Gasteiger partial charge in [-0.2, -0.15) is 0 Å². The van der Waals surface area contributed by atoms with Crippen molar-refractivity contribution in [3.8, 4) is 0 Å². The number of nitrogens with one attached hydrogen (secondary N) is 3. The summed E-state index contributed by atoms with van der Waals surface area (Å²) in [5.74, 6) is -0.195. The number of methoxy groups -OCH3 is 1. The fourth-order valence-corrected chi connectivity index (χ4v) is 2.69. The van der Waals surface area contributed by atoms with Crippen molar-refractivity contribution >= 4 is 16.8 Å². The Morgan fingerprint density at radius 1 is 1.35 bits per heavy atom. The molecule has 0 saturated heterocycles. The van der Waals surface area contributed by atoms with E-state index in [1.54, 1.807) is 13.4 Å². The number of amides is 1. The van der Waals surface area contributed by atoms with Crippen molar-refractivity contribution < 1.29 is 9.53 Å². The summed E-state index contributed by atoms with van der Waals surface area (Å²) in [6, 6.07) is 7.84. The molecule has 1 aromatic carbocycles. The molecular formula is C17H20N4O2. The molecule has 3 N–H and O–H groups in total. The maximum Gasteiger partial charge on any atom is 0.272 e. The zero-order valence-corrected chi connectivity index (χ0v) is 13.2. The number of carbonyl (C=O) groups is 1. The van der Waals surface area contributed by atoms with Gasteiger partial charge in [-0.1, -0.05) is 13.0 Å². The third kappa shape index (κ3) is 3.12. The second-order valence-electron chi connectivity index (χ2n) is 5.39. The molecule has 0 fully saturated rings. The van der Waals surface area contributed by atoms with Gasteiger partial charge in [-0.3, -0.25) is 4.79 Å². The molecule has 2 heterocycles. The Bertz CT molecular complexity index is 806. The molecule has 6 nitrogen and oxygen atoms in total. The lowest BCUT2D eigenvalue weighted by Crippen LogP contribution is -2.32. The quantitative estimate of drug-likeness (QED) is 0.654. The molecule has 1 amide bonds. The van der Waals surface area contributed by atoms with E-state index in [1.165, 1.54) is 0 Å². The van der Waals surface area contributed by atoms with Crippen molar-refractivity contribution in [3.05, 3.63) is 53.7 Å². The summed E-state index contributed by atoms with van der Waals surface area (Å²) in [6.07, 6.45) is 4.17. The van der Waals surface area contributed by atoms with E-state index in [-0.39, 0.29) is 11.9 Å². The lowest BCUT2D eigenvalue weighted by atomic mass is 10.1. The van der Waals surface area contributed by atoms with Crippen LogP contribution in [0.4, 0.5) is 0 Å². The van der Waals surface area contributed by atoms with Crippen LogP contribution < -0.4 is 5.32 Å². The molecule has 0 aliphatic rings. The normalized spacial score (nSPS) is 12.4. The van der Waals surface area contributed by atoms with Crippen LogP contribution in [0.1, 0.15) is 34.7 Å². The van der Waals surface area contributed by atoms with Crippen molar-refractivity contribution in [2.24, 2.45) is 0 Å². The molecule has 2 aromatic heterocycles. The average Bonchev–Trinajstić information content (AvgIpc) is 3.22. The minimum Gasteiger partial charge on any atom is -0.382 e. The SMILES string of the molecule is CCc1[nH]cnc1C(=O)NC(COC)c1ccc2[nH]ccc2c1. The maximum absolute atomic E-state index is 12.5. The molecule has 0 bridgehead atoms. The van der Waals surface area contributed by atoms with Crippen LogP contribution in [0.3, 0.4) is 0 Å². The van der Waals surface area contributed by atoms with E-state index in [9.17, 15) is 4.79 Å². The van der Waals surface area contributed by atoms with Gasteiger partial charge in [-0.25, -0.2) is 4.98 Å². The number of benzene rings is 1. The van der Waals surface area contributed by atoms with E-state index in [1.807, 2.05) is 31.3 Å². The van der Waals surface area contributed by atoms with Gasteiger partial charge in [0.05, 0.1) is 19.0 Å². The molecule has 0 radical (unpaired) electrons. The van der Waals surface area contributed by atoms with Gasteiger partial charge in [0, 0.05) is 24.5 Å². The second kappa shape index (κ2) is 6.66. The van der Waals surface area contributed by atoms with E-state index in [4.69, 9.17) is 4.74 Å². The Balaban J connectivity index is 1.84. The molecule has 120 valence electrons. The van der Waals surface area contributed by atoms with Crippen molar-refractivity contribution in [1.29, 1.82) is 0 Å². The number of nitrogens with zero attached hydrogens (tertiary/aromatic N) is 1. The van der Waals surface area contributed by atoms with E-state index in [0.29, 0.717) is 12.3 Å². The van der Waals surface area contributed by atoms with Gasteiger partial charge in [-0.05, 0) is 35.6 Å². The van der Waals surface area contributed by atoms with Gasteiger partial charge in [0.2, 0.25) is 0 Å². The van der Waals surface area contributed by atoms with Gasteiger partial charge in [0.25, 0.3) is 5.91 Å². The predicted molar refractivity (Wildman–Crippen MR) is 88.3 cm³/mol. The smallest absolute Gasteiger partial charge is 0.272 e. The zero-order chi connectivity index (χ0) is 16.2. The van der Waals surface area contributed by atoms with Crippen LogP contribution in [0, 0.1) is 0 Å². The number of ether oxygens (including phenoxy) is 1. The lowest BCUT2D eigenvalue weighted by molar-refractivity contribution is 0.0891. The van der Waals surface area contributed by atoms with Gasteiger partial charge in [-0.15, -0.1) is 0 Å². The number of aryl methyl sites for hydroxylation is 1. The van der Waals surface area contributed by atoms with E-state index >= 15 is 0 Å². The molecule has 0 spiro atoms. The summed E-state index contributed by atoms with van der Waals surface area (Å²) in [5, 5.41) is 4.12. The van der Waals surface area contributed by atoms with E-state index in [2.05, 4.69) is 26.3 Å². The Kier molecular flexibility index (Phi) is 4.43. The number of imidazole rings is 1.